The average molecular weight is 350 g/mol. The molecule has 26 heavy (non-hydrogen) atoms. The third kappa shape index (κ3) is 3.74. The van der Waals surface area contributed by atoms with Crippen molar-refractivity contribution >= 4 is 17.3 Å². The molecule has 2 amide bonds. The van der Waals surface area contributed by atoms with Crippen LogP contribution >= 0.6 is 0 Å². The number of hydrogen-bond acceptors (Lipinski definition) is 3. The zero-order valence-corrected chi connectivity index (χ0v) is 15.0. The number of aromatic nitrogens is 2. The van der Waals surface area contributed by atoms with Crippen LogP contribution in [-0.4, -0.2) is 27.7 Å². The van der Waals surface area contributed by atoms with Crippen LogP contribution in [-0.2, 0) is 6.54 Å². The highest BCUT2D eigenvalue weighted by atomic mass is 16.2. The molecule has 6 nitrogen and oxygen atoms in total. The Labute approximate surface area is 152 Å². The lowest BCUT2D eigenvalue weighted by molar-refractivity contribution is 0.0942. The Morgan fingerprint density at radius 1 is 1.04 bits per heavy atom. The van der Waals surface area contributed by atoms with E-state index in [1.165, 1.54) is 5.56 Å². The minimum atomic E-state index is -0.302. The van der Waals surface area contributed by atoms with Crippen molar-refractivity contribution in [3.8, 4) is 0 Å². The van der Waals surface area contributed by atoms with E-state index in [9.17, 15) is 9.59 Å². The molecule has 0 unspecified atom stereocenters. The van der Waals surface area contributed by atoms with Crippen LogP contribution in [0.15, 0.2) is 48.7 Å². The molecule has 6 heteroatoms. The molecular formula is C20H22N4O2. The van der Waals surface area contributed by atoms with Crippen LogP contribution in [0.5, 0.6) is 0 Å². The number of pyridine rings is 1. The largest absolute Gasteiger partial charge is 0.349 e. The van der Waals surface area contributed by atoms with E-state index in [1.807, 2.05) is 44.2 Å². The van der Waals surface area contributed by atoms with Crippen molar-refractivity contribution in [1.29, 1.82) is 0 Å². The van der Waals surface area contributed by atoms with Gasteiger partial charge in [0.2, 0.25) is 5.82 Å². The molecule has 0 aliphatic rings. The fourth-order valence-electron chi connectivity index (χ4n) is 2.65. The first-order valence-corrected chi connectivity index (χ1v) is 8.69. The van der Waals surface area contributed by atoms with E-state index in [1.54, 1.807) is 22.7 Å². The Morgan fingerprint density at radius 3 is 2.54 bits per heavy atom. The van der Waals surface area contributed by atoms with Crippen molar-refractivity contribution in [2.45, 2.75) is 26.8 Å². The highest BCUT2D eigenvalue weighted by Crippen LogP contribution is 2.14. The summed E-state index contributed by atoms with van der Waals surface area (Å²) in [6.45, 7) is 4.97. The lowest BCUT2D eigenvalue weighted by Crippen LogP contribution is -2.26. The first-order chi connectivity index (χ1) is 12.6. The molecule has 1 aromatic carbocycles. The molecular weight excluding hydrogens is 328 g/mol. The standard InChI is InChI=1S/C20H22N4O2/c1-3-11-21-20(26)18-23-17(16-6-4-5-12-24(16)18)19(25)22-13-15-9-7-14(2)8-10-15/h4-10,12H,3,11,13H2,1-2H3,(H,21,26)(H,22,25). The average Bonchev–Trinajstić information content (AvgIpc) is 3.05. The summed E-state index contributed by atoms with van der Waals surface area (Å²) in [5, 5.41) is 5.68. The van der Waals surface area contributed by atoms with Gasteiger partial charge < -0.3 is 10.6 Å². The number of nitrogens with zero attached hydrogens (tertiary/aromatic N) is 2. The van der Waals surface area contributed by atoms with Crippen molar-refractivity contribution in [2.75, 3.05) is 6.54 Å². The fraction of sp³-hybridized carbons (Fsp3) is 0.250. The van der Waals surface area contributed by atoms with Crippen LogP contribution in [0.1, 0.15) is 45.6 Å². The van der Waals surface area contributed by atoms with Gasteiger partial charge in [-0.05, 0) is 31.0 Å². The molecule has 0 radical (unpaired) electrons. The summed E-state index contributed by atoms with van der Waals surface area (Å²) in [5.74, 6) is -0.371. The molecule has 0 aliphatic carbocycles. The van der Waals surface area contributed by atoms with Gasteiger partial charge in [-0.25, -0.2) is 4.98 Å². The molecule has 2 aromatic heterocycles. The van der Waals surface area contributed by atoms with Gasteiger partial charge in [-0.1, -0.05) is 42.8 Å². The molecule has 0 saturated heterocycles. The third-order valence-electron chi connectivity index (χ3n) is 4.08. The number of aryl methyl sites for hydroxylation is 1. The second kappa shape index (κ2) is 7.82. The van der Waals surface area contributed by atoms with Crippen LogP contribution in [0.4, 0.5) is 0 Å². The molecule has 0 spiro atoms. The third-order valence-corrected chi connectivity index (χ3v) is 4.08. The molecule has 3 aromatic rings. The smallest absolute Gasteiger partial charge is 0.287 e. The molecule has 3 rings (SSSR count). The molecule has 134 valence electrons. The van der Waals surface area contributed by atoms with Crippen LogP contribution in [0.2, 0.25) is 0 Å². The van der Waals surface area contributed by atoms with Crippen molar-refractivity contribution in [2.24, 2.45) is 0 Å². The maximum Gasteiger partial charge on any atom is 0.287 e. The Morgan fingerprint density at radius 2 is 1.81 bits per heavy atom. The second-order valence-corrected chi connectivity index (χ2v) is 6.16. The van der Waals surface area contributed by atoms with Gasteiger partial charge in [-0.2, -0.15) is 0 Å². The second-order valence-electron chi connectivity index (χ2n) is 6.16. The van der Waals surface area contributed by atoms with Crippen LogP contribution < -0.4 is 10.6 Å². The summed E-state index contributed by atoms with van der Waals surface area (Å²) in [5.41, 5.74) is 3.03. The van der Waals surface area contributed by atoms with Gasteiger partial charge in [0.15, 0.2) is 5.69 Å². The van der Waals surface area contributed by atoms with Crippen LogP contribution in [0, 0.1) is 6.92 Å². The van der Waals surface area contributed by atoms with Crippen molar-refractivity contribution in [3.05, 3.63) is 71.3 Å². The van der Waals surface area contributed by atoms with Gasteiger partial charge in [0, 0.05) is 19.3 Å². The molecule has 2 N–H and O–H groups in total. The molecule has 0 saturated carbocycles. The van der Waals surface area contributed by atoms with Gasteiger partial charge in [0.25, 0.3) is 11.8 Å². The van der Waals surface area contributed by atoms with Crippen LogP contribution in [0.25, 0.3) is 5.52 Å². The molecule has 0 aliphatic heterocycles. The minimum Gasteiger partial charge on any atom is -0.349 e. The summed E-state index contributed by atoms with van der Waals surface area (Å²) in [6.07, 6.45) is 2.57. The predicted octanol–water partition coefficient (Wildman–Crippen LogP) is 2.71. The monoisotopic (exact) mass is 350 g/mol. The highest BCUT2D eigenvalue weighted by Gasteiger charge is 2.20. The summed E-state index contributed by atoms with van der Waals surface area (Å²) < 4.78 is 1.64. The Bertz CT molecular complexity index is 929. The predicted molar refractivity (Wildman–Crippen MR) is 100 cm³/mol. The number of hydrogen-bond donors (Lipinski definition) is 2. The Kier molecular flexibility index (Phi) is 5.31. The van der Waals surface area contributed by atoms with Crippen molar-refractivity contribution < 1.29 is 9.59 Å². The zero-order chi connectivity index (χ0) is 18.5. The first-order valence-electron chi connectivity index (χ1n) is 8.69. The molecule has 0 atom stereocenters. The Balaban J connectivity index is 1.83. The van der Waals surface area contributed by atoms with E-state index in [0.29, 0.717) is 18.6 Å². The number of imidazole rings is 1. The SMILES string of the molecule is CCCNC(=O)c1nc(C(=O)NCc2ccc(C)cc2)c2ccccn12. The quantitative estimate of drug-likeness (QED) is 0.718. The Hall–Kier alpha value is -3.15. The number of amides is 2. The number of carbonyl (C=O) groups is 2. The molecule has 0 bridgehead atoms. The van der Waals surface area contributed by atoms with Crippen molar-refractivity contribution in [1.82, 2.24) is 20.0 Å². The van der Waals surface area contributed by atoms with E-state index in [-0.39, 0.29) is 23.3 Å². The summed E-state index contributed by atoms with van der Waals surface area (Å²) in [4.78, 5) is 29.3. The number of fused-ring (bicyclic) bond motifs is 1. The normalized spacial score (nSPS) is 10.7. The van der Waals surface area contributed by atoms with Crippen LogP contribution in [0.3, 0.4) is 0 Å². The van der Waals surface area contributed by atoms with E-state index in [4.69, 9.17) is 0 Å². The lowest BCUT2D eigenvalue weighted by Gasteiger charge is -2.04. The number of rotatable bonds is 6. The van der Waals surface area contributed by atoms with E-state index in [0.717, 1.165) is 12.0 Å². The van der Waals surface area contributed by atoms with E-state index >= 15 is 0 Å². The fourth-order valence-corrected chi connectivity index (χ4v) is 2.65. The van der Waals surface area contributed by atoms with Gasteiger partial charge in [-0.3, -0.25) is 14.0 Å². The zero-order valence-electron chi connectivity index (χ0n) is 15.0. The van der Waals surface area contributed by atoms with E-state index in [2.05, 4.69) is 15.6 Å². The first kappa shape index (κ1) is 17.7. The minimum absolute atomic E-state index is 0.217. The topological polar surface area (TPSA) is 75.5 Å². The molecule has 2 heterocycles. The highest BCUT2D eigenvalue weighted by molar-refractivity contribution is 6.02. The van der Waals surface area contributed by atoms with Gasteiger partial charge in [-0.15, -0.1) is 0 Å². The summed E-state index contributed by atoms with van der Waals surface area (Å²) >= 11 is 0. The van der Waals surface area contributed by atoms with Gasteiger partial charge in [0.1, 0.15) is 0 Å². The van der Waals surface area contributed by atoms with Gasteiger partial charge in [0.05, 0.1) is 5.52 Å². The number of nitrogens with one attached hydrogen (secondary N) is 2. The maximum absolute atomic E-state index is 12.6. The lowest BCUT2D eigenvalue weighted by atomic mass is 10.1. The van der Waals surface area contributed by atoms with E-state index < -0.39 is 0 Å². The van der Waals surface area contributed by atoms with Crippen molar-refractivity contribution in [3.63, 3.8) is 0 Å². The molecule has 0 fully saturated rings. The number of carbonyl (C=O) groups excluding carboxylic acids is 2. The van der Waals surface area contributed by atoms with Gasteiger partial charge >= 0.3 is 0 Å². The summed E-state index contributed by atoms with van der Waals surface area (Å²) in [7, 11) is 0. The number of benzene rings is 1. The summed E-state index contributed by atoms with van der Waals surface area (Å²) in [6, 6.07) is 13.4. The maximum atomic E-state index is 12.6.